The summed E-state index contributed by atoms with van der Waals surface area (Å²) in [6, 6.07) is 0. The van der Waals surface area contributed by atoms with Crippen molar-refractivity contribution in [1.82, 2.24) is 0 Å². The van der Waals surface area contributed by atoms with Crippen molar-refractivity contribution in [3.05, 3.63) is 48.6 Å². The Bertz CT molecular complexity index is 1160. The van der Waals surface area contributed by atoms with Gasteiger partial charge in [-0.15, -0.1) is 0 Å². The van der Waals surface area contributed by atoms with Crippen LogP contribution >= 0.6 is 7.82 Å². The molecule has 9 nitrogen and oxygen atoms in total. The number of unbranched alkanes of at least 4 members (excludes halogenated alkanes) is 22. The van der Waals surface area contributed by atoms with Crippen LogP contribution in [-0.2, 0) is 32.7 Å². The van der Waals surface area contributed by atoms with Gasteiger partial charge in [-0.3, -0.25) is 18.6 Å². The number of allylic oxidation sites excluding steroid dienone is 8. The molecule has 0 saturated carbocycles. The molecule has 0 aromatic heterocycles. The van der Waals surface area contributed by atoms with Crippen molar-refractivity contribution in [3.63, 3.8) is 0 Å². The van der Waals surface area contributed by atoms with Crippen LogP contribution in [0.3, 0.4) is 0 Å². The molecule has 0 spiro atoms. The average molecular weight is 867 g/mol. The molecule has 0 amide bonds. The fourth-order valence-corrected chi connectivity index (χ4v) is 7.24. The van der Waals surface area contributed by atoms with Crippen LogP contribution in [0.2, 0.25) is 0 Å². The molecule has 0 rings (SSSR count). The minimum Gasteiger partial charge on any atom is -0.462 e. The summed E-state index contributed by atoms with van der Waals surface area (Å²) in [6.45, 7) is 4.36. The van der Waals surface area contributed by atoms with E-state index in [4.69, 9.17) is 18.5 Å². The molecule has 60 heavy (non-hydrogen) atoms. The molecule has 10 heteroatoms. The van der Waals surface area contributed by atoms with E-state index in [9.17, 15) is 19.0 Å². The standard InChI is InChI=1S/C50H92NO8P/c1-6-8-10-12-14-16-18-20-22-24-25-27-28-30-32-34-36-38-40-42-49(52)56-46-48(47-58-60(54,55)57-45-44-51(3,4)5)59-50(53)43-41-39-37-35-33-31-29-26-23-21-19-17-15-13-11-9-7-2/h20-23,29,31,35,37,48H,6-19,24-28,30,32-34,36,38-47H2,1-5H3/p+1/b22-20-,23-21-,31-29-,37-35-/t48-/m1/s1. The third-order valence-electron chi connectivity index (χ3n) is 10.3. The molecule has 0 aliphatic heterocycles. The number of phosphoric acid groups is 1. The fourth-order valence-electron chi connectivity index (χ4n) is 6.50. The highest BCUT2D eigenvalue weighted by Crippen LogP contribution is 2.43. The van der Waals surface area contributed by atoms with Crippen molar-refractivity contribution < 1.29 is 42.1 Å². The van der Waals surface area contributed by atoms with Gasteiger partial charge in [-0.2, -0.15) is 0 Å². The highest BCUT2D eigenvalue weighted by molar-refractivity contribution is 7.47. The molecule has 1 N–H and O–H groups in total. The minimum absolute atomic E-state index is 0.0215. The number of carbonyl (C=O) groups is 2. The molecule has 0 bridgehead atoms. The molecule has 0 aliphatic carbocycles. The second kappa shape index (κ2) is 42.3. The number of ether oxygens (including phenoxy) is 2. The Kier molecular flexibility index (Phi) is 40.8. The van der Waals surface area contributed by atoms with E-state index in [-0.39, 0.29) is 32.0 Å². The topological polar surface area (TPSA) is 108 Å². The molecule has 0 radical (unpaired) electrons. The summed E-state index contributed by atoms with van der Waals surface area (Å²) < 4.78 is 34.3. The number of carbonyl (C=O) groups excluding carboxylic acids is 2. The summed E-state index contributed by atoms with van der Waals surface area (Å²) in [6.07, 6.45) is 50.3. The molecule has 0 fully saturated rings. The minimum atomic E-state index is -4.39. The number of hydrogen-bond acceptors (Lipinski definition) is 7. The van der Waals surface area contributed by atoms with Crippen LogP contribution in [0, 0.1) is 0 Å². The van der Waals surface area contributed by atoms with Gasteiger partial charge in [-0.1, -0.05) is 172 Å². The Morgan fingerprint density at radius 3 is 1.40 bits per heavy atom. The van der Waals surface area contributed by atoms with Crippen molar-refractivity contribution in [1.29, 1.82) is 0 Å². The van der Waals surface area contributed by atoms with E-state index >= 15 is 0 Å². The van der Waals surface area contributed by atoms with Crippen LogP contribution < -0.4 is 0 Å². The van der Waals surface area contributed by atoms with Crippen molar-refractivity contribution in [3.8, 4) is 0 Å². The maximum absolute atomic E-state index is 12.7. The monoisotopic (exact) mass is 867 g/mol. The van der Waals surface area contributed by atoms with E-state index in [2.05, 4.69) is 62.5 Å². The highest BCUT2D eigenvalue weighted by atomic mass is 31.2. The predicted molar refractivity (Wildman–Crippen MR) is 252 cm³/mol. The Labute approximate surface area is 369 Å². The first-order valence-corrected chi connectivity index (χ1v) is 25.9. The molecule has 0 aromatic rings. The maximum Gasteiger partial charge on any atom is 0.472 e. The molecule has 0 heterocycles. The SMILES string of the molecule is CCCCCCCC/C=C\C/C=C\C/C=C\CCCC(=O)O[C@H](COC(=O)CCCCCCCCCCC/C=C\CCCCCCCC)COP(=O)(O)OCC[N+](C)(C)C. The van der Waals surface area contributed by atoms with Gasteiger partial charge in [0.15, 0.2) is 6.10 Å². The second-order valence-electron chi connectivity index (χ2n) is 17.5. The quantitative estimate of drug-likeness (QED) is 0.0212. The van der Waals surface area contributed by atoms with Crippen LogP contribution in [0.15, 0.2) is 48.6 Å². The van der Waals surface area contributed by atoms with Gasteiger partial charge in [-0.05, 0) is 70.6 Å². The summed E-state index contributed by atoms with van der Waals surface area (Å²) in [5, 5.41) is 0. The second-order valence-corrected chi connectivity index (χ2v) is 18.9. The van der Waals surface area contributed by atoms with Crippen LogP contribution in [-0.4, -0.2) is 74.9 Å². The summed E-state index contributed by atoms with van der Waals surface area (Å²) in [5.41, 5.74) is 0. The van der Waals surface area contributed by atoms with Gasteiger partial charge >= 0.3 is 19.8 Å². The lowest BCUT2D eigenvalue weighted by Gasteiger charge is -2.24. The van der Waals surface area contributed by atoms with Gasteiger partial charge in [0.1, 0.15) is 19.8 Å². The molecular weight excluding hydrogens is 774 g/mol. The normalized spacial score (nSPS) is 13.9. The Hall–Kier alpha value is -2.03. The lowest BCUT2D eigenvalue weighted by molar-refractivity contribution is -0.870. The van der Waals surface area contributed by atoms with E-state index in [1.807, 2.05) is 21.1 Å². The van der Waals surface area contributed by atoms with E-state index in [1.54, 1.807) is 0 Å². The zero-order chi connectivity index (χ0) is 44.3. The summed E-state index contributed by atoms with van der Waals surface area (Å²) in [4.78, 5) is 35.4. The molecule has 350 valence electrons. The average Bonchev–Trinajstić information content (AvgIpc) is 3.20. The van der Waals surface area contributed by atoms with Gasteiger partial charge in [0.25, 0.3) is 0 Å². The molecule has 2 atom stereocenters. The summed E-state index contributed by atoms with van der Waals surface area (Å²) in [5.74, 6) is -0.859. The maximum atomic E-state index is 12.7. The largest absolute Gasteiger partial charge is 0.472 e. The first-order valence-electron chi connectivity index (χ1n) is 24.4. The Morgan fingerprint density at radius 1 is 0.517 bits per heavy atom. The Morgan fingerprint density at radius 2 is 0.917 bits per heavy atom. The van der Waals surface area contributed by atoms with Gasteiger partial charge in [-0.25, -0.2) is 4.57 Å². The van der Waals surface area contributed by atoms with Crippen molar-refractivity contribution >= 4 is 19.8 Å². The first kappa shape index (κ1) is 58.0. The van der Waals surface area contributed by atoms with Crippen molar-refractivity contribution in [2.24, 2.45) is 0 Å². The number of likely N-dealkylation sites (N-methyl/N-ethyl adjacent to an activating group) is 1. The molecule has 1 unspecified atom stereocenters. The van der Waals surface area contributed by atoms with Crippen molar-refractivity contribution in [2.45, 2.75) is 213 Å². The predicted octanol–water partition coefficient (Wildman–Crippen LogP) is 14.2. The highest BCUT2D eigenvalue weighted by Gasteiger charge is 2.27. The zero-order valence-corrected chi connectivity index (χ0v) is 40.3. The Balaban J connectivity index is 4.36. The van der Waals surface area contributed by atoms with Crippen LogP contribution in [0.5, 0.6) is 0 Å². The van der Waals surface area contributed by atoms with E-state index in [0.717, 1.165) is 44.9 Å². The number of nitrogens with zero attached hydrogens (tertiary/aromatic N) is 1. The van der Waals surface area contributed by atoms with Gasteiger partial charge in [0, 0.05) is 12.8 Å². The lowest BCUT2D eigenvalue weighted by atomic mass is 10.1. The smallest absolute Gasteiger partial charge is 0.462 e. The van der Waals surface area contributed by atoms with E-state index in [1.165, 1.54) is 128 Å². The van der Waals surface area contributed by atoms with Gasteiger partial charge in [0.05, 0.1) is 27.7 Å². The molecule has 0 saturated heterocycles. The summed E-state index contributed by atoms with van der Waals surface area (Å²) in [7, 11) is 1.44. The first-order chi connectivity index (χ1) is 29.0. The number of esters is 2. The van der Waals surface area contributed by atoms with E-state index in [0.29, 0.717) is 17.4 Å². The van der Waals surface area contributed by atoms with Gasteiger partial charge < -0.3 is 18.9 Å². The number of rotatable bonds is 44. The van der Waals surface area contributed by atoms with Crippen molar-refractivity contribution in [2.75, 3.05) is 47.5 Å². The van der Waals surface area contributed by atoms with Gasteiger partial charge in [0.2, 0.25) is 0 Å². The lowest BCUT2D eigenvalue weighted by Crippen LogP contribution is -2.37. The number of quaternary nitrogens is 1. The zero-order valence-electron chi connectivity index (χ0n) is 39.4. The molecule has 0 aromatic carbocycles. The molecular formula is C50H93NO8P+. The summed E-state index contributed by atoms with van der Waals surface area (Å²) >= 11 is 0. The van der Waals surface area contributed by atoms with Crippen LogP contribution in [0.4, 0.5) is 0 Å². The number of phosphoric ester groups is 1. The molecule has 0 aliphatic rings. The van der Waals surface area contributed by atoms with E-state index < -0.39 is 26.5 Å². The van der Waals surface area contributed by atoms with Crippen LogP contribution in [0.25, 0.3) is 0 Å². The van der Waals surface area contributed by atoms with Crippen LogP contribution in [0.1, 0.15) is 206 Å². The fraction of sp³-hybridized carbons (Fsp3) is 0.800. The number of hydrogen-bond donors (Lipinski definition) is 1. The third kappa shape index (κ3) is 45.5. The third-order valence-corrected chi connectivity index (χ3v) is 11.3.